The van der Waals surface area contributed by atoms with E-state index in [0.717, 1.165) is 50.1 Å². The highest BCUT2D eigenvalue weighted by Gasteiger charge is 2.51. The smallest absolute Gasteiger partial charge is 0.494 e. The molecule has 1 aliphatic heterocycles. The maximum atomic E-state index is 6.46. The Balaban J connectivity index is 1.46. The Labute approximate surface area is 230 Å². The number of hydrogen-bond donors (Lipinski definition) is 2. The van der Waals surface area contributed by atoms with Crippen molar-refractivity contribution in [3.63, 3.8) is 0 Å². The molecule has 3 aromatic carbocycles. The van der Waals surface area contributed by atoms with Crippen molar-refractivity contribution in [3.05, 3.63) is 65.9 Å². The maximum absolute atomic E-state index is 6.46. The molecule has 9 heteroatoms. The molecule has 2 heterocycles. The summed E-state index contributed by atoms with van der Waals surface area (Å²) >= 11 is 0. The van der Waals surface area contributed by atoms with Gasteiger partial charge in [0.15, 0.2) is 5.82 Å². The first-order valence-electron chi connectivity index (χ1n) is 13.0. The van der Waals surface area contributed by atoms with Crippen LogP contribution in [0.1, 0.15) is 39.0 Å². The van der Waals surface area contributed by atoms with Gasteiger partial charge in [0.05, 0.1) is 31.1 Å². The molecule has 1 fully saturated rings. The molecule has 202 valence electrons. The largest absolute Gasteiger partial charge is 0.497 e. The minimum Gasteiger partial charge on any atom is -0.497 e. The molecule has 4 aromatic rings. The number of hydrogen-bond acceptors (Lipinski definition) is 8. The van der Waals surface area contributed by atoms with E-state index in [2.05, 4.69) is 67.5 Å². The molecule has 5 rings (SSSR count). The molecule has 0 spiro atoms. The van der Waals surface area contributed by atoms with Crippen LogP contribution in [0.15, 0.2) is 54.6 Å². The Bertz CT molecular complexity index is 1520. The van der Waals surface area contributed by atoms with E-state index in [1.54, 1.807) is 14.2 Å². The molecule has 39 heavy (non-hydrogen) atoms. The monoisotopic (exact) mass is 526 g/mol. The molecule has 0 unspecified atom stereocenters. The van der Waals surface area contributed by atoms with Crippen LogP contribution < -0.4 is 26.0 Å². The third-order valence-corrected chi connectivity index (χ3v) is 7.82. The fourth-order valence-electron chi connectivity index (χ4n) is 4.71. The summed E-state index contributed by atoms with van der Waals surface area (Å²) in [5, 5.41) is 14.3. The van der Waals surface area contributed by atoms with Crippen molar-refractivity contribution < 1.29 is 18.8 Å². The minimum atomic E-state index is -0.465. The second kappa shape index (κ2) is 10.1. The van der Waals surface area contributed by atoms with Crippen molar-refractivity contribution in [1.29, 1.82) is 0 Å². The normalized spacial score (nSPS) is 15.9. The average molecular weight is 526 g/mol. The van der Waals surface area contributed by atoms with Gasteiger partial charge in [0, 0.05) is 40.2 Å². The number of anilines is 2. The third kappa shape index (κ3) is 5.00. The number of ether oxygens (including phenoxy) is 2. The molecule has 0 amide bonds. The number of fused-ring (bicyclic) bond motifs is 1. The number of nitrogens with two attached hydrogens (primary N) is 1. The lowest BCUT2D eigenvalue weighted by molar-refractivity contribution is 0.00578. The average Bonchev–Trinajstić information content (AvgIpc) is 3.14. The number of benzene rings is 3. The summed E-state index contributed by atoms with van der Waals surface area (Å²) in [7, 11) is 2.82. The summed E-state index contributed by atoms with van der Waals surface area (Å²) in [5.41, 5.74) is 10.9. The van der Waals surface area contributed by atoms with Crippen molar-refractivity contribution in [1.82, 2.24) is 10.2 Å². The van der Waals surface area contributed by atoms with Crippen molar-refractivity contribution >= 4 is 34.9 Å². The van der Waals surface area contributed by atoms with Gasteiger partial charge in [0.1, 0.15) is 11.5 Å². The van der Waals surface area contributed by atoms with E-state index in [1.165, 1.54) is 0 Å². The van der Waals surface area contributed by atoms with Crippen LogP contribution in [0, 0.1) is 6.92 Å². The molecule has 0 radical (unpaired) electrons. The highest BCUT2D eigenvalue weighted by Crippen LogP contribution is 2.37. The van der Waals surface area contributed by atoms with E-state index >= 15 is 0 Å². The second-order valence-electron chi connectivity index (χ2n) is 10.9. The van der Waals surface area contributed by atoms with Gasteiger partial charge in [0.25, 0.3) is 0 Å². The Morgan fingerprint density at radius 1 is 0.872 bits per heavy atom. The lowest BCUT2D eigenvalue weighted by Crippen LogP contribution is -2.41. The number of nitrogens with zero attached hydrogens (tertiary/aromatic N) is 2. The molecule has 3 N–H and O–H groups in total. The van der Waals surface area contributed by atoms with Gasteiger partial charge in [-0.05, 0) is 76.0 Å². The first-order chi connectivity index (χ1) is 18.5. The van der Waals surface area contributed by atoms with Crippen molar-refractivity contribution in [2.75, 3.05) is 25.3 Å². The predicted molar refractivity (Wildman–Crippen MR) is 157 cm³/mol. The fraction of sp³-hybridized carbons (Fsp3) is 0.333. The van der Waals surface area contributed by atoms with E-state index in [1.807, 2.05) is 37.3 Å². The number of methoxy groups -OCH3 is 2. The third-order valence-electron chi connectivity index (χ3n) is 7.82. The SMILES string of the molecule is COc1ccc(CNc2nnc(C)c3cc(-c4cc(B5OC(C)(C)C(C)(C)O5)ccc4N)ccc23)c(OC)c1. The number of aryl methyl sites for hydroxylation is 1. The lowest BCUT2D eigenvalue weighted by Gasteiger charge is -2.32. The first-order valence-corrected chi connectivity index (χ1v) is 13.0. The van der Waals surface area contributed by atoms with Crippen LogP contribution >= 0.6 is 0 Å². The lowest BCUT2D eigenvalue weighted by atomic mass is 9.77. The number of rotatable bonds is 7. The van der Waals surface area contributed by atoms with Gasteiger partial charge in [0.2, 0.25) is 0 Å². The van der Waals surface area contributed by atoms with Crippen molar-refractivity contribution in [2.24, 2.45) is 0 Å². The van der Waals surface area contributed by atoms with Crippen LogP contribution in [0.4, 0.5) is 11.5 Å². The van der Waals surface area contributed by atoms with Crippen LogP contribution in [0.5, 0.6) is 11.5 Å². The fourth-order valence-corrected chi connectivity index (χ4v) is 4.71. The van der Waals surface area contributed by atoms with E-state index in [4.69, 9.17) is 24.5 Å². The zero-order valence-corrected chi connectivity index (χ0v) is 23.6. The van der Waals surface area contributed by atoms with Gasteiger partial charge in [-0.3, -0.25) is 0 Å². The molecule has 1 aromatic heterocycles. The molecular weight excluding hydrogens is 491 g/mol. The number of aromatic nitrogens is 2. The van der Waals surface area contributed by atoms with Crippen LogP contribution in [0.25, 0.3) is 21.9 Å². The number of nitrogen functional groups attached to an aromatic ring is 1. The molecule has 1 aliphatic rings. The Hall–Kier alpha value is -3.82. The standard InChI is InChI=1S/C30H35BN4O4/c1-18-24-14-19(25-15-21(10-13-26(25)32)31-38-29(2,3)30(4,5)39-31)9-12-23(24)28(35-34-18)33-17-20-8-11-22(36-6)16-27(20)37-7/h8-16H,17,32H2,1-7H3,(H,33,35). The highest BCUT2D eigenvalue weighted by atomic mass is 16.7. The van der Waals surface area contributed by atoms with Crippen LogP contribution in [0.2, 0.25) is 0 Å². The van der Waals surface area contributed by atoms with Crippen LogP contribution in [0.3, 0.4) is 0 Å². The summed E-state index contributed by atoms with van der Waals surface area (Å²) in [6.07, 6.45) is 0. The minimum absolute atomic E-state index is 0.419. The summed E-state index contributed by atoms with van der Waals surface area (Å²) in [6.45, 7) is 10.7. The van der Waals surface area contributed by atoms with Gasteiger partial charge in [-0.2, -0.15) is 5.10 Å². The Morgan fingerprint density at radius 2 is 1.62 bits per heavy atom. The van der Waals surface area contributed by atoms with E-state index in [9.17, 15) is 0 Å². The molecule has 8 nitrogen and oxygen atoms in total. The van der Waals surface area contributed by atoms with E-state index < -0.39 is 18.3 Å². The van der Waals surface area contributed by atoms with Gasteiger partial charge in [-0.15, -0.1) is 5.10 Å². The van der Waals surface area contributed by atoms with Gasteiger partial charge >= 0.3 is 7.12 Å². The molecule has 0 atom stereocenters. The topological polar surface area (TPSA) is 101 Å². The summed E-state index contributed by atoms with van der Waals surface area (Å²) in [6, 6.07) is 17.9. The molecule has 0 saturated carbocycles. The van der Waals surface area contributed by atoms with Crippen LogP contribution in [-0.4, -0.2) is 42.7 Å². The molecule has 0 bridgehead atoms. The highest BCUT2D eigenvalue weighted by molar-refractivity contribution is 6.62. The molecule has 0 aliphatic carbocycles. The van der Waals surface area contributed by atoms with Gasteiger partial charge in [-0.25, -0.2) is 0 Å². The summed E-state index contributed by atoms with van der Waals surface area (Å²) < 4.78 is 23.4. The predicted octanol–water partition coefficient (Wildman–Crippen LogP) is 5.12. The molecule has 1 saturated heterocycles. The van der Waals surface area contributed by atoms with E-state index in [0.29, 0.717) is 18.1 Å². The van der Waals surface area contributed by atoms with Crippen molar-refractivity contribution in [2.45, 2.75) is 52.4 Å². The van der Waals surface area contributed by atoms with Crippen molar-refractivity contribution in [3.8, 4) is 22.6 Å². The zero-order valence-electron chi connectivity index (χ0n) is 23.6. The zero-order chi connectivity index (χ0) is 27.9. The first kappa shape index (κ1) is 26.8. The molecular formula is C30H35BN4O4. The van der Waals surface area contributed by atoms with Gasteiger partial charge in [-0.1, -0.05) is 18.2 Å². The van der Waals surface area contributed by atoms with Crippen LogP contribution in [-0.2, 0) is 15.9 Å². The summed E-state index contributed by atoms with van der Waals surface area (Å²) in [4.78, 5) is 0. The Morgan fingerprint density at radius 3 is 2.31 bits per heavy atom. The quantitative estimate of drug-likeness (QED) is 0.253. The second-order valence-corrected chi connectivity index (χ2v) is 10.9. The maximum Gasteiger partial charge on any atom is 0.494 e. The summed E-state index contributed by atoms with van der Waals surface area (Å²) in [5.74, 6) is 2.18. The van der Waals surface area contributed by atoms with E-state index in [-0.39, 0.29) is 0 Å². The van der Waals surface area contributed by atoms with Gasteiger partial charge < -0.3 is 29.8 Å². The number of nitrogens with one attached hydrogen (secondary N) is 1. The Kier molecular flexibility index (Phi) is 6.90.